The van der Waals surface area contributed by atoms with Crippen LogP contribution in [0.1, 0.15) is 0 Å². The highest BCUT2D eigenvalue weighted by molar-refractivity contribution is 7.25. The first kappa shape index (κ1) is 31.9. The van der Waals surface area contributed by atoms with Crippen LogP contribution in [0.25, 0.3) is 109 Å². The van der Waals surface area contributed by atoms with E-state index in [0.29, 0.717) is 17.6 Å². The Kier molecular flexibility index (Phi) is 7.03. The molecule has 5 nitrogen and oxygen atoms in total. The lowest BCUT2D eigenvalue weighted by molar-refractivity contribution is 0.953. The molecule has 0 N–H and O–H groups in total. The Morgan fingerprint density at radius 3 is 1.53 bits per heavy atom. The summed E-state index contributed by atoms with van der Waals surface area (Å²) in [4.78, 5) is 15.8. The van der Waals surface area contributed by atoms with Crippen molar-refractivity contribution in [2.45, 2.75) is 0 Å². The molecular formula is C51H31N5S. The molecule has 0 unspecified atom stereocenters. The Bertz CT molecular complexity index is 3470. The molecule has 0 aliphatic rings. The van der Waals surface area contributed by atoms with E-state index in [0.717, 1.165) is 55.2 Å². The summed E-state index contributed by atoms with van der Waals surface area (Å²) in [5.74, 6) is 1.81. The Hall–Kier alpha value is -7.41. The number of aromatic nitrogens is 5. The average molecular weight is 746 g/mol. The second-order valence-electron chi connectivity index (χ2n) is 14.5. The van der Waals surface area contributed by atoms with Crippen LogP contribution in [-0.4, -0.2) is 24.1 Å². The van der Waals surface area contributed by atoms with E-state index in [1.54, 1.807) is 0 Å². The lowest BCUT2D eigenvalue weighted by atomic mass is 10.0. The van der Waals surface area contributed by atoms with Gasteiger partial charge in [0.05, 0.1) is 22.1 Å². The van der Waals surface area contributed by atoms with Crippen LogP contribution in [-0.2, 0) is 0 Å². The smallest absolute Gasteiger partial charge is 0.238 e. The first-order valence-electron chi connectivity index (χ1n) is 19.1. The highest BCUT2D eigenvalue weighted by atomic mass is 32.1. The van der Waals surface area contributed by atoms with Gasteiger partial charge in [0, 0.05) is 58.5 Å². The number of fused-ring (bicyclic) bond motifs is 9. The minimum absolute atomic E-state index is 0.579. The quantitative estimate of drug-likeness (QED) is 0.176. The van der Waals surface area contributed by atoms with Gasteiger partial charge >= 0.3 is 0 Å². The molecule has 0 spiro atoms. The fourth-order valence-corrected chi connectivity index (χ4v) is 9.63. The zero-order valence-electron chi connectivity index (χ0n) is 30.5. The highest BCUT2D eigenvalue weighted by Gasteiger charge is 2.20. The van der Waals surface area contributed by atoms with Crippen LogP contribution in [0, 0.1) is 0 Å². The third kappa shape index (κ3) is 5.04. The highest BCUT2D eigenvalue weighted by Crippen LogP contribution is 2.39. The zero-order chi connectivity index (χ0) is 37.5. The van der Waals surface area contributed by atoms with Gasteiger partial charge in [0.1, 0.15) is 0 Å². The molecule has 0 saturated carbocycles. The lowest BCUT2D eigenvalue weighted by Crippen LogP contribution is -2.06. The van der Waals surface area contributed by atoms with E-state index in [1.807, 2.05) is 17.4 Å². The summed E-state index contributed by atoms with van der Waals surface area (Å²) in [5.41, 5.74) is 9.62. The fraction of sp³-hybridized carbons (Fsp3) is 0. The van der Waals surface area contributed by atoms with Gasteiger partial charge in [-0.2, -0.15) is 9.97 Å². The summed E-state index contributed by atoms with van der Waals surface area (Å²) in [5, 5.41) is 7.25. The monoisotopic (exact) mass is 745 g/mol. The largest absolute Gasteiger partial charge is 0.309 e. The standard InChI is InChI=1S/C51H31N5S/c1-2-12-32(13-3-1)33-22-24-34(25-23-33)49-52-50(54-51(53-49)56-44-19-9-5-14-37(44)38-15-6-10-20-45(38)56)35-26-28-40-39-16-4-8-18-43(39)55(46(40)30-35)36-27-29-48-42(31-36)41-17-7-11-21-47(41)57-48/h1-31H. The van der Waals surface area contributed by atoms with E-state index in [4.69, 9.17) is 15.0 Å². The molecule has 4 aromatic heterocycles. The normalized spacial score (nSPS) is 11.9. The van der Waals surface area contributed by atoms with Gasteiger partial charge in [0.15, 0.2) is 11.6 Å². The van der Waals surface area contributed by atoms with Gasteiger partial charge in [-0.05, 0) is 59.7 Å². The van der Waals surface area contributed by atoms with E-state index in [1.165, 1.54) is 36.5 Å². The van der Waals surface area contributed by atoms with Gasteiger partial charge < -0.3 is 4.57 Å². The molecule has 0 atom stereocenters. The van der Waals surface area contributed by atoms with Gasteiger partial charge in [0.25, 0.3) is 0 Å². The van der Waals surface area contributed by atoms with Crippen molar-refractivity contribution in [1.29, 1.82) is 0 Å². The molecule has 57 heavy (non-hydrogen) atoms. The van der Waals surface area contributed by atoms with Crippen molar-refractivity contribution in [3.63, 3.8) is 0 Å². The molecule has 0 aliphatic heterocycles. The molecule has 4 heterocycles. The van der Waals surface area contributed by atoms with Crippen molar-refractivity contribution in [3.8, 4) is 45.5 Å². The summed E-state index contributed by atoms with van der Waals surface area (Å²) in [7, 11) is 0. The number of nitrogens with zero attached hydrogens (tertiary/aromatic N) is 5. The number of hydrogen-bond donors (Lipinski definition) is 0. The third-order valence-corrected chi connectivity index (χ3v) is 12.4. The molecule has 0 bridgehead atoms. The van der Waals surface area contributed by atoms with E-state index in [-0.39, 0.29) is 0 Å². The van der Waals surface area contributed by atoms with E-state index in [9.17, 15) is 0 Å². The number of rotatable bonds is 5. The SMILES string of the molecule is c1ccc(-c2ccc(-c3nc(-c4ccc5c6ccccc6n(-c6ccc7sc8ccccc8c7c6)c5c4)nc(-n4c5ccccc5c5ccccc54)n3)cc2)cc1. The van der Waals surface area contributed by atoms with Crippen LogP contribution in [0.15, 0.2) is 188 Å². The van der Waals surface area contributed by atoms with Crippen molar-refractivity contribution < 1.29 is 0 Å². The molecule has 0 fully saturated rings. The average Bonchev–Trinajstić information content (AvgIpc) is 3.94. The van der Waals surface area contributed by atoms with E-state index in [2.05, 4.69) is 191 Å². The maximum atomic E-state index is 5.30. The first-order chi connectivity index (χ1) is 28.2. The second kappa shape index (κ2) is 12.6. The summed E-state index contributed by atoms with van der Waals surface area (Å²) in [6, 6.07) is 66.7. The molecule has 12 rings (SSSR count). The Morgan fingerprint density at radius 1 is 0.316 bits per heavy atom. The van der Waals surface area contributed by atoms with Crippen molar-refractivity contribution in [2.24, 2.45) is 0 Å². The molecule has 0 saturated heterocycles. The van der Waals surface area contributed by atoms with Crippen LogP contribution in [0.2, 0.25) is 0 Å². The van der Waals surface area contributed by atoms with Gasteiger partial charge in [-0.25, -0.2) is 4.98 Å². The zero-order valence-corrected chi connectivity index (χ0v) is 31.4. The van der Waals surface area contributed by atoms with Crippen LogP contribution in [0.4, 0.5) is 0 Å². The molecule has 6 heteroatoms. The topological polar surface area (TPSA) is 48.5 Å². The summed E-state index contributed by atoms with van der Waals surface area (Å²) < 4.78 is 7.15. The first-order valence-corrected chi connectivity index (χ1v) is 19.9. The number of benzene rings is 8. The van der Waals surface area contributed by atoms with Gasteiger partial charge in [0.2, 0.25) is 5.95 Å². The molecule has 0 aliphatic carbocycles. The third-order valence-electron chi connectivity index (χ3n) is 11.2. The summed E-state index contributed by atoms with van der Waals surface area (Å²) in [6.45, 7) is 0. The molecule has 0 amide bonds. The van der Waals surface area contributed by atoms with Gasteiger partial charge in [-0.3, -0.25) is 4.57 Å². The summed E-state index contributed by atoms with van der Waals surface area (Å²) >= 11 is 1.84. The van der Waals surface area contributed by atoms with Crippen LogP contribution in [0.5, 0.6) is 0 Å². The minimum atomic E-state index is 0.579. The Labute approximate surface area is 331 Å². The maximum Gasteiger partial charge on any atom is 0.238 e. The molecule has 0 radical (unpaired) electrons. The number of thiophene rings is 1. The van der Waals surface area contributed by atoms with Crippen molar-refractivity contribution in [1.82, 2.24) is 24.1 Å². The molecule has 12 aromatic rings. The minimum Gasteiger partial charge on any atom is -0.309 e. The van der Waals surface area contributed by atoms with Crippen LogP contribution >= 0.6 is 11.3 Å². The fourth-order valence-electron chi connectivity index (χ4n) is 8.54. The van der Waals surface area contributed by atoms with E-state index < -0.39 is 0 Å². The van der Waals surface area contributed by atoms with Crippen molar-refractivity contribution >= 4 is 75.1 Å². The Balaban J connectivity index is 1.09. The number of hydrogen-bond acceptors (Lipinski definition) is 4. The summed E-state index contributed by atoms with van der Waals surface area (Å²) in [6.07, 6.45) is 0. The predicted molar refractivity (Wildman–Crippen MR) is 238 cm³/mol. The lowest BCUT2D eigenvalue weighted by Gasteiger charge is -2.12. The molecule has 8 aromatic carbocycles. The van der Waals surface area contributed by atoms with Crippen LogP contribution < -0.4 is 0 Å². The maximum absolute atomic E-state index is 5.30. The van der Waals surface area contributed by atoms with Crippen molar-refractivity contribution in [3.05, 3.63) is 188 Å². The molecule has 266 valence electrons. The second-order valence-corrected chi connectivity index (χ2v) is 15.5. The van der Waals surface area contributed by atoms with Crippen molar-refractivity contribution in [2.75, 3.05) is 0 Å². The predicted octanol–water partition coefficient (Wildman–Crippen LogP) is 13.4. The van der Waals surface area contributed by atoms with Gasteiger partial charge in [-0.1, -0.05) is 140 Å². The van der Waals surface area contributed by atoms with E-state index >= 15 is 0 Å². The number of para-hydroxylation sites is 3. The molecular weight excluding hydrogens is 715 g/mol. The Morgan fingerprint density at radius 2 is 0.825 bits per heavy atom. The van der Waals surface area contributed by atoms with Crippen LogP contribution in [0.3, 0.4) is 0 Å². The van der Waals surface area contributed by atoms with Gasteiger partial charge in [-0.15, -0.1) is 11.3 Å².